The van der Waals surface area contributed by atoms with Crippen molar-refractivity contribution in [1.29, 1.82) is 5.26 Å². The highest BCUT2D eigenvalue weighted by Gasteiger charge is 2.16. The van der Waals surface area contributed by atoms with Gasteiger partial charge in [0.1, 0.15) is 17.3 Å². The maximum absolute atomic E-state index is 12.2. The highest BCUT2D eigenvalue weighted by atomic mass is 79.9. The van der Waals surface area contributed by atoms with Crippen LogP contribution in [0.2, 0.25) is 0 Å². The Hall–Kier alpha value is -2.59. The van der Waals surface area contributed by atoms with Crippen molar-refractivity contribution in [2.45, 2.75) is 13.5 Å². The molecule has 0 radical (unpaired) electrons. The number of halogens is 1. The molecule has 0 fully saturated rings. The molecular weight excluding hydrogens is 360 g/mol. The van der Waals surface area contributed by atoms with Crippen molar-refractivity contribution in [3.05, 3.63) is 51.6 Å². The van der Waals surface area contributed by atoms with Crippen LogP contribution in [0.25, 0.3) is 0 Å². The first kappa shape index (κ1) is 16.8. The van der Waals surface area contributed by atoms with Gasteiger partial charge in [0.2, 0.25) is 5.88 Å². The third kappa shape index (κ3) is 4.20. The number of nitrogen functional groups attached to an aromatic ring is 1. The lowest BCUT2D eigenvalue weighted by Gasteiger charge is -2.10. The molecule has 0 atom stereocenters. The summed E-state index contributed by atoms with van der Waals surface area (Å²) in [6, 6.07) is 10.9. The lowest BCUT2D eigenvalue weighted by Crippen LogP contribution is -2.24. The molecule has 1 aromatic heterocycles. The summed E-state index contributed by atoms with van der Waals surface area (Å²) in [6.45, 7) is 2.44. The Morgan fingerprint density at radius 3 is 2.91 bits per heavy atom. The van der Waals surface area contributed by atoms with E-state index in [1.165, 1.54) is 6.07 Å². The van der Waals surface area contributed by atoms with Crippen molar-refractivity contribution in [3.8, 4) is 11.9 Å². The number of hydrogen-bond acceptors (Lipinski definition) is 5. The Bertz CT molecular complexity index is 771. The van der Waals surface area contributed by atoms with Gasteiger partial charge in [0.25, 0.3) is 5.91 Å². The van der Waals surface area contributed by atoms with Crippen molar-refractivity contribution in [2.24, 2.45) is 0 Å². The van der Waals surface area contributed by atoms with Crippen molar-refractivity contribution < 1.29 is 9.53 Å². The lowest BCUT2D eigenvalue weighted by molar-refractivity contribution is 0.0945. The number of ether oxygens (including phenoxy) is 1. The molecule has 0 bridgehead atoms. The maximum atomic E-state index is 12.2. The van der Waals surface area contributed by atoms with E-state index in [9.17, 15) is 4.79 Å². The van der Waals surface area contributed by atoms with Crippen LogP contribution in [0.1, 0.15) is 28.5 Å². The van der Waals surface area contributed by atoms with Gasteiger partial charge in [-0.05, 0) is 30.7 Å². The van der Waals surface area contributed by atoms with E-state index in [4.69, 9.17) is 15.7 Å². The fourth-order valence-corrected chi connectivity index (χ4v) is 2.38. The van der Waals surface area contributed by atoms with Crippen LogP contribution < -0.4 is 15.8 Å². The molecule has 2 aromatic rings. The average Bonchev–Trinajstić information content (AvgIpc) is 2.52. The predicted octanol–water partition coefficient (Wildman–Crippen LogP) is 2.63. The minimum absolute atomic E-state index is 0.0719. The Labute approximate surface area is 142 Å². The standard InChI is InChI=1S/C16H15BrN4O2/c1-2-23-16-12(8-18)13(19)7-14(21-16)15(22)20-9-10-4-3-5-11(17)6-10/h3-7H,2,9H2,1H3,(H2,19,21)(H,20,22). The van der Waals surface area contributed by atoms with Crippen molar-refractivity contribution in [2.75, 3.05) is 12.3 Å². The molecule has 0 saturated carbocycles. The van der Waals surface area contributed by atoms with Gasteiger partial charge >= 0.3 is 0 Å². The van der Waals surface area contributed by atoms with Crippen molar-refractivity contribution >= 4 is 27.5 Å². The molecule has 118 valence electrons. The Kier molecular flexibility index (Phi) is 5.55. The number of hydrogen-bond donors (Lipinski definition) is 2. The third-order valence-electron chi connectivity index (χ3n) is 2.98. The first-order valence-electron chi connectivity index (χ1n) is 6.91. The van der Waals surface area contributed by atoms with E-state index < -0.39 is 0 Å². The second kappa shape index (κ2) is 7.61. The molecule has 23 heavy (non-hydrogen) atoms. The maximum Gasteiger partial charge on any atom is 0.270 e. The normalized spacial score (nSPS) is 9.96. The number of nitrogens with one attached hydrogen (secondary N) is 1. The van der Waals surface area contributed by atoms with Gasteiger partial charge in [0, 0.05) is 11.0 Å². The van der Waals surface area contributed by atoms with Gasteiger partial charge in [-0.15, -0.1) is 0 Å². The average molecular weight is 375 g/mol. The molecule has 7 heteroatoms. The molecule has 3 N–H and O–H groups in total. The van der Waals surface area contributed by atoms with Crippen molar-refractivity contribution in [1.82, 2.24) is 10.3 Å². The van der Waals surface area contributed by atoms with Gasteiger partial charge in [0.15, 0.2) is 0 Å². The number of nitriles is 1. The highest BCUT2D eigenvalue weighted by molar-refractivity contribution is 9.10. The van der Waals surface area contributed by atoms with Gasteiger partial charge in [0.05, 0.1) is 12.3 Å². The Morgan fingerprint density at radius 2 is 2.26 bits per heavy atom. The monoisotopic (exact) mass is 374 g/mol. The van der Waals surface area contributed by atoms with Crippen LogP contribution in [0, 0.1) is 11.3 Å². The molecule has 1 aromatic carbocycles. The summed E-state index contributed by atoms with van der Waals surface area (Å²) in [5.74, 6) is -0.315. The quantitative estimate of drug-likeness (QED) is 0.837. The molecule has 1 heterocycles. The summed E-state index contributed by atoms with van der Waals surface area (Å²) in [7, 11) is 0. The smallest absolute Gasteiger partial charge is 0.270 e. The number of carbonyl (C=O) groups is 1. The minimum atomic E-state index is -0.387. The second-order valence-corrected chi connectivity index (χ2v) is 5.55. The zero-order valence-corrected chi connectivity index (χ0v) is 14.1. The van der Waals surface area contributed by atoms with Gasteiger partial charge < -0.3 is 15.8 Å². The predicted molar refractivity (Wildman–Crippen MR) is 89.8 cm³/mol. The molecular formula is C16H15BrN4O2. The number of amides is 1. The fourth-order valence-electron chi connectivity index (χ4n) is 1.93. The van der Waals surface area contributed by atoms with Crippen LogP contribution >= 0.6 is 15.9 Å². The number of nitrogens with two attached hydrogens (primary N) is 1. The van der Waals surface area contributed by atoms with Crippen LogP contribution in [0.3, 0.4) is 0 Å². The topological polar surface area (TPSA) is 101 Å². The number of carbonyl (C=O) groups excluding carboxylic acids is 1. The van der Waals surface area contributed by atoms with Crippen LogP contribution in [0.4, 0.5) is 5.69 Å². The van der Waals surface area contributed by atoms with Gasteiger partial charge in [-0.1, -0.05) is 28.1 Å². The first-order chi connectivity index (χ1) is 11.0. The van der Waals surface area contributed by atoms with Crippen LogP contribution in [-0.2, 0) is 6.54 Å². The van der Waals surface area contributed by atoms with Crippen molar-refractivity contribution in [3.63, 3.8) is 0 Å². The number of rotatable bonds is 5. The van der Waals surface area contributed by atoms with E-state index in [-0.39, 0.29) is 28.7 Å². The Balaban J connectivity index is 2.17. The molecule has 6 nitrogen and oxygen atoms in total. The number of nitrogens with zero attached hydrogens (tertiary/aromatic N) is 2. The van der Waals surface area contributed by atoms with E-state index in [1.54, 1.807) is 6.92 Å². The van der Waals surface area contributed by atoms with Gasteiger partial charge in [-0.2, -0.15) is 5.26 Å². The summed E-state index contributed by atoms with van der Waals surface area (Å²) in [4.78, 5) is 16.3. The van der Waals surface area contributed by atoms with E-state index in [0.717, 1.165) is 10.0 Å². The Morgan fingerprint density at radius 1 is 1.48 bits per heavy atom. The second-order valence-electron chi connectivity index (χ2n) is 4.63. The van der Waals surface area contributed by atoms with E-state index in [1.807, 2.05) is 30.3 Å². The molecule has 0 aliphatic heterocycles. The summed E-state index contributed by atoms with van der Waals surface area (Å²) in [5, 5.41) is 11.8. The van der Waals surface area contributed by atoms with E-state index in [2.05, 4.69) is 26.2 Å². The molecule has 0 unspecified atom stereocenters. The first-order valence-corrected chi connectivity index (χ1v) is 7.70. The summed E-state index contributed by atoms with van der Waals surface area (Å²) in [5.41, 5.74) is 7.15. The van der Waals surface area contributed by atoms with Gasteiger partial charge in [-0.3, -0.25) is 4.79 Å². The number of anilines is 1. The molecule has 0 aliphatic carbocycles. The SMILES string of the molecule is CCOc1nc(C(=O)NCc2cccc(Br)c2)cc(N)c1C#N. The van der Waals surface area contributed by atoms with Crippen LogP contribution in [-0.4, -0.2) is 17.5 Å². The highest BCUT2D eigenvalue weighted by Crippen LogP contribution is 2.22. The molecule has 1 amide bonds. The molecule has 0 spiro atoms. The summed E-state index contributed by atoms with van der Waals surface area (Å²) in [6.07, 6.45) is 0. The number of pyridine rings is 1. The lowest BCUT2D eigenvalue weighted by atomic mass is 10.2. The number of benzene rings is 1. The summed E-state index contributed by atoms with van der Waals surface area (Å²) < 4.78 is 6.21. The molecule has 0 saturated heterocycles. The van der Waals surface area contributed by atoms with Crippen LogP contribution in [0.15, 0.2) is 34.8 Å². The minimum Gasteiger partial charge on any atom is -0.477 e. The van der Waals surface area contributed by atoms with E-state index in [0.29, 0.717) is 13.2 Å². The fraction of sp³-hybridized carbons (Fsp3) is 0.188. The van der Waals surface area contributed by atoms with Gasteiger partial charge in [-0.25, -0.2) is 4.98 Å². The van der Waals surface area contributed by atoms with E-state index >= 15 is 0 Å². The molecule has 2 rings (SSSR count). The molecule has 0 aliphatic rings. The van der Waals surface area contributed by atoms with Crippen LogP contribution in [0.5, 0.6) is 5.88 Å². The third-order valence-corrected chi connectivity index (χ3v) is 3.48. The number of aromatic nitrogens is 1. The summed E-state index contributed by atoms with van der Waals surface area (Å²) >= 11 is 3.38. The largest absolute Gasteiger partial charge is 0.477 e. The zero-order valence-electron chi connectivity index (χ0n) is 12.5. The zero-order chi connectivity index (χ0) is 16.8.